The van der Waals surface area contributed by atoms with Crippen molar-refractivity contribution < 1.29 is 4.79 Å². The predicted molar refractivity (Wildman–Crippen MR) is 124 cm³/mol. The van der Waals surface area contributed by atoms with Gasteiger partial charge in [-0.05, 0) is 57.0 Å². The van der Waals surface area contributed by atoms with Crippen molar-refractivity contribution in [3.05, 3.63) is 84.2 Å². The lowest BCUT2D eigenvalue weighted by molar-refractivity contribution is 0.0939. The smallest absolute Gasteiger partial charge is 0.251 e. The number of aromatic nitrogens is 5. The van der Waals surface area contributed by atoms with Crippen LogP contribution in [0.3, 0.4) is 0 Å². The van der Waals surface area contributed by atoms with Crippen LogP contribution in [0.2, 0.25) is 0 Å². The van der Waals surface area contributed by atoms with E-state index in [2.05, 4.69) is 76.5 Å². The molecule has 1 atom stereocenters. The maximum atomic E-state index is 13.2. The normalized spacial score (nSPS) is 12.0. The van der Waals surface area contributed by atoms with Gasteiger partial charge in [0.25, 0.3) is 5.91 Å². The molecule has 1 unspecified atom stereocenters. The number of carbonyl (C=O) groups is 1. The van der Waals surface area contributed by atoms with E-state index in [1.54, 1.807) is 24.9 Å². The highest BCUT2D eigenvalue weighted by Gasteiger charge is 2.18. The summed E-state index contributed by atoms with van der Waals surface area (Å²) < 4.78 is 1.86. The number of benzene rings is 2. The third kappa shape index (κ3) is 4.56. The molecule has 0 bridgehead atoms. The molecule has 0 aliphatic rings. The molecule has 7 heteroatoms. The van der Waals surface area contributed by atoms with Crippen LogP contribution >= 0.6 is 0 Å². The third-order valence-electron chi connectivity index (χ3n) is 5.27. The maximum Gasteiger partial charge on any atom is 0.251 e. The number of hydrogen-bond acceptors (Lipinski definition) is 5. The van der Waals surface area contributed by atoms with E-state index in [1.165, 1.54) is 5.56 Å². The van der Waals surface area contributed by atoms with Gasteiger partial charge in [-0.3, -0.25) is 14.8 Å². The Morgan fingerprint density at radius 2 is 1.69 bits per heavy atom. The zero-order valence-electron chi connectivity index (χ0n) is 18.6. The molecule has 2 aromatic carbocycles. The number of amides is 1. The fourth-order valence-electron chi connectivity index (χ4n) is 3.52. The Kier molecular flexibility index (Phi) is 6.07. The molecule has 0 fully saturated rings. The van der Waals surface area contributed by atoms with E-state index < -0.39 is 0 Å². The van der Waals surface area contributed by atoms with E-state index in [9.17, 15) is 4.79 Å². The van der Waals surface area contributed by atoms with Gasteiger partial charge in [-0.2, -0.15) is 5.10 Å². The van der Waals surface area contributed by atoms with Crippen LogP contribution in [0.25, 0.3) is 22.5 Å². The lowest BCUT2D eigenvalue weighted by atomic mass is 9.98. The summed E-state index contributed by atoms with van der Waals surface area (Å²) in [5.41, 5.74) is 5.25. The van der Waals surface area contributed by atoms with Crippen molar-refractivity contribution in [3.8, 4) is 22.5 Å². The Hall–Kier alpha value is -3.87. The van der Waals surface area contributed by atoms with Crippen molar-refractivity contribution in [2.45, 2.75) is 39.8 Å². The molecule has 7 nitrogen and oxygen atoms in total. The quantitative estimate of drug-likeness (QED) is 0.479. The summed E-state index contributed by atoms with van der Waals surface area (Å²) in [5, 5.41) is 7.38. The highest BCUT2D eigenvalue weighted by Crippen LogP contribution is 2.29. The fraction of sp³-hybridized carbons (Fsp3) is 0.240. The molecule has 0 radical (unpaired) electrons. The summed E-state index contributed by atoms with van der Waals surface area (Å²) in [4.78, 5) is 26.1. The third-order valence-corrected chi connectivity index (χ3v) is 5.27. The largest absolute Gasteiger partial charge is 0.344 e. The van der Waals surface area contributed by atoms with Crippen LogP contribution < -0.4 is 5.32 Å². The number of rotatable bonds is 6. The SMILES string of the molecule is Cc1ccc(-c2cc(C(=O)NC(C)c3cnccn3)cc(-c3ncnn3C(C)C)c2)cc1. The number of aryl methyl sites for hydroxylation is 1. The molecule has 0 aliphatic carbocycles. The van der Waals surface area contributed by atoms with E-state index in [0.29, 0.717) is 11.3 Å². The summed E-state index contributed by atoms with van der Waals surface area (Å²) in [5.74, 6) is 0.541. The Balaban J connectivity index is 1.75. The zero-order valence-corrected chi connectivity index (χ0v) is 18.6. The highest BCUT2D eigenvalue weighted by molar-refractivity contribution is 5.97. The maximum absolute atomic E-state index is 13.2. The molecule has 32 heavy (non-hydrogen) atoms. The molecule has 2 aromatic heterocycles. The van der Waals surface area contributed by atoms with Crippen LogP contribution in [0.1, 0.15) is 54.5 Å². The first-order valence-electron chi connectivity index (χ1n) is 10.6. The number of nitrogens with one attached hydrogen (secondary N) is 1. The molecular formula is C25H26N6O. The minimum absolute atomic E-state index is 0.143. The summed E-state index contributed by atoms with van der Waals surface area (Å²) in [6.45, 7) is 8.05. The molecule has 2 heterocycles. The van der Waals surface area contributed by atoms with Gasteiger partial charge in [0.2, 0.25) is 0 Å². The van der Waals surface area contributed by atoms with E-state index >= 15 is 0 Å². The highest BCUT2D eigenvalue weighted by atomic mass is 16.1. The second-order valence-corrected chi connectivity index (χ2v) is 8.11. The lowest BCUT2D eigenvalue weighted by Crippen LogP contribution is -2.27. The van der Waals surface area contributed by atoms with Crippen LogP contribution in [-0.4, -0.2) is 30.6 Å². The van der Waals surface area contributed by atoms with Gasteiger partial charge in [-0.1, -0.05) is 29.8 Å². The van der Waals surface area contributed by atoms with E-state index in [4.69, 9.17) is 0 Å². The average Bonchev–Trinajstić information content (AvgIpc) is 3.30. The van der Waals surface area contributed by atoms with Gasteiger partial charge in [0.05, 0.1) is 17.9 Å². The molecule has 0 saturated carbocycles. The first-order chi connectivity index (χ1) is 15.4. The molecule has 4 aromatic rings. The van der Waals surface area contributed by atoms with Crippen molar-refractivity contribution in [2.24, 2.45) is 0 Å². The Bertz CT molecular complexity index is 1210. The van der Waals surface area contributed by atoms with Gasteiger partial charge >= 0.3 is 0 Å². The van der Waals surface area contributed by atoms with E-state index in [-0.39, 0.29) is 18.0 Å². The van der Waals surface area contributed by atoms with Gasteiger partial charge < -0.3 is 5.32 Å². The molecule has 1 amide bonds. The van der Waals surface area contributed by atoms with Crippen molar-refractivity contribution in [3.63, 3.8) is 0 Å². The Morgan fingerprint density at radius 3 is 2.38 bits per heavy atom. The van der Waals surface area contributed by atoms with Crippen LogP contribution in [-0.2, 0) is 0 Å². The van der Waals surface area contributed by atoms with Gasteiger partial charge in [-0.15, -0.1) is 0 Å². The first-order valence-corrected chi connectivity index (χ1v) is 10.6. The fourth-order valence-corrected chi connectivity index (χ4v) is 3.52. The monoisotopic (exact) mass is 426 g/mol. The van der Waals surface area contributed by atoms with Gasteiger partial charge in [-0.25, -0.2) is 9.67 Å². The summed E-state index contributed by atoms with van der Waals surface area (Å²) in [6, 6.07) is 13.9. The minimum atomic E-state index is -0.276. The minimum Gasteiger partial charge on any atom is -0.344 e. The Morgan fingerprint density at radius 1 is 0.938 bits per heavy atom. The Labute approximate surface area is 187 Å². The van der Waals surface area contributed by atoms with Crippen molar-refractivity contribution in [2.75, 3.05) is 0 Å². The van der Waals surface area contributed by atoms with Gasteiger partial charge in [0.1, 0.15) is 6.33 Å². The number of carbonyl (C=O) groups excluding carboxylic acids is 1. The molecule has 1 N–H and O–H groups in total. The zero-order chi connectivity index (χ0) is 22.7. The first kappa shape index (κ1) is 21.4. The second kappa shape index (κ2) is 9.09. The average molecular weight is 427 g/mol. The summed E-state index contributed by atoms with van der Waals surface area (Å²) in [6.07, 6.45) is 6.43. The van der Waals surface area contributed by atoms with E-state index in [1.807, 2.05) is 23.7 Å². The number of nitrogens with zero attached hydrogens (tertiary/aromatic N) is 5. The summed E-state index contributed by atoms with van der Waals surface area (Å²) >= 11 is 0. The van der Waals surface area contributed by atoms with E-state index in [0.717, 1.165) is 22.5 Å². The molecular weight excluding hydrogens is 400 g/mol. The van der Waals surface area contributed by atoms with Crippen LogP contribution in [0, 0.1) is 6.92 Å². The summed E-state index contributed by atoms with van der Waals surface area (Å²) in [7, 11) is 0. The molecule has 0 saturated heterocycles. The van der Waals surface area contributed by atoms with Gasteiger partial charge in [0, 0.05) is 29.6 Å². The van der Waals surface area contributed by atoms with Crippen molar-refractivity contribution >= 4 is 5.91 Å². The van der Waals surface area contributed by atoms with Gasteiger partial charge in [0.15, 0.2) is 5.82 Å². The van der Waals surface area contributed by atoms with Crippen molar-refractivity contribution in [1.82, 2.24) is 30.0 Å². The molecule has 0 spiro atoms. The molecule has 162 valence electrons. The van der Waals surface area contributed by atoms with Crippen LogP contribution in [0.4, 0.5) is 0 Å². The topological polar surface area (TPSA) is 85.6 Å². The standard InChI is InChI=1S/C25H26N6O/c1-16(2)31-24(28-15-29-31)21-11-20(19-7-5-17(3)6-8-19)12-22(13-21)25(32)30-18(4)23-14-26-9-10-27-23/h5-16,18H,1-4H3,(H,30,32). The predicted octanol–water partition coefficient (Wildman–Crippen LogP) is 4.78. The second-order valence-electron chi connectivity index (χ2n) is 8.11. The molecule has 0 aliphatic heterocycles. The van der Waals surface area contributed by atoms with Crippen molar-refractivity contribution in [1.29, 1.82) is 0 Å². The number of hydrogen-bond donors (Lipinski definition) is 1. The molecule has 4 rings (SSSR count). The van der Waals surface area contributed by atoms with Crippen LogP contribution in [0.15, 0.2) is 67.4 Å². The lowest BCUT2D eigenvalue weighted by Gasteiger charge is -2.15. The van der Waals surface area contributed by atoms with Crippen LogP contribution in [0.5, 0.6) is 0 Å².